The van der Waals surface area contributed by atoms with E-state index in [1.54, 1.807) is 6.20 Å². The molecule has 0 bridgehead atoms. The Morgan fingerprint density at radius 3 is 2.62 bits per heavy atom. The molecular weight excluding hydrogens is 294 g/mol. The molecule has 0 saturated heterocycles. The zero-order valence-corrected chi connectivity index (χ0v) is 12.7. The second-order valence-electron chi connectivity index (χ2n) is 4.93. The molecule has 1 aromatic carbocycles. The predicted molar refractivity (Wildman–Crippen MR) is 80.5 cm³/mol. The predicted octanol–water partition coefficient (Wildman–Crippen LogP) is 4.21. The normalized spacial score (nSPS) is 12.4. The molecule has 1 aromatic heterocycles. The second-order valence-corrected chi connectivity index (χ2v) is 5.34. The molecule has 0 aliphatic rings. The van der Waals surface area contributed by atoms with Gasteiger partial charge in [-0.2, -0.15) is 0 Å². The van der Waals surface area contributed by atoms with Gasteiger partial charge in [-0.25, -0.2) is 8.78 Å². The van der Waals surface area contributed by atoms with Crippen LogP contribution in [-0.4, -0.2) is 11.5 Å². The zero-order valence-electron chi connectivity index (χ0n) is 12.0. The molecular formula is C16H17ClF2N2. The van der Waals surface area contributed by atoms with Crippen LogP contribution >= 0.6 is 11.6 Å². The SMILES string of the molecule is CCNC(Cc1ccc(C)cn1)c1cc(F)c(Cl)cc1F. The van der Waals surface area contributed by atoms with Gasteiger partial charge in [-0.3, -0.25) is 4.98 Å². The van der Waals surface area contributed by atoms with Gasteiger partial charge in [0.05, 0.1) is 5.02 Å². The van der Waals surface area contributed by atoms with E-state index in [1.807, 2.05) is 26.0 Å². The summed E-state index contributed by atoms with van der Waals surface area (Å²) in [5.41, 5.74) is 2.14. The van der Waals surface area contributed by atoms with Crippen molar-refractivity contribution >= 4 is 11.6 Å². The smallest absolute Gasteiger partial charge is 0.142 e. The molecule has 1 N–H and O–H groups in total. The van der Waals surface area contributed by atoms with Crippen molar-refractivity contribution in [2.45, 2.75) is 26.3 Å². The lowest BCUT2D eigenvalue weighted by atomic mass is 10.0. The van der Waals surface area contributed by atoms with E-state index in [0.29, 0.717) is 13.0 Å². The Labute approximate surface area is 128 Å². The van der Waals surface area contributed by atoms with E-state index in [9.17, 15) is 8.78 Å². The third-order valence-electron chi connectivity index (χ3n) is 3.25. The van der Waals surface area contributed by atoms with Crippen LogP contribution in [0.4, 0.5) is 8.78 Å². The van der Waals surface area contributed by atoms with Gasteiger partial charge in [-0.05, 0) is 37.2 Å². The fourth-order valence-electron chi connectivity index (χ4n) is 2.17. The maximum absolute atomic E-state index is 14.1. The van der Waals surface area contributed by atoms with Gasteiger partial charge in [0.15, 0.2) is 0 Å². The van der Waals surface area contributed by atoms with Gasteiger partial charge >= 0.3 is 0 Å². The van der Waals surface area contributed by atoms with E-state index >= 15 is 0 Å². The number of aryl methyl sites for hydroxylation is 1. The van der Waals surface area contributed by atoms with Crippen molar-refractivity contribution in [3.63, 3.8) is 0 Å². The molecule has 0 aliphatic heterocycles. The number of likely N-dealkylation sites (N-methyl/N-ethyl adjacent to an activating group) is 1. The van der Waals surface area contributed by atoms with Crippen molar-refractivity contribution in [3.8, 4) is 0 Å². The van der Waals surface area contributed by atoms with E-state index in [0.717, 1.165) is 23.4 Å². The van der Waals surface area contributed by atoms with Crippen LogP contribution in [0.5, 0.6) is 0 Å². The Hall–Kier alpha value is -1.52. The zero-order chi connectivity index (χ0) is 15.4. The minimum absolute atomic E-state index is 0.208. The van der Waals surface area contributed by atoms with Crippen molar-refractivity contribution in [2.75, 3.05) is 6.54 Å². The van der Waals surface area contributed by atoms with Crippen LogP contribution in [0.15, 0.2) is 30.5 Å². The summed E-state index contributed by atoms with van der Waals surface area (Å²) in [5.74, 6) is -1.13. The molecule has 2 nitrogen and oxygen atoms in total. The average molecular weight is 311 g/mol. The number of halogens is 3. The molecule has 0 saturated carbocycles. The Morgan fingerprint density at radius 2 is 2.00 bits per heavy atom. The Kier molecular flexibility index (Phi) is 5.26. The first-order valence-corrected chi connectivity index (χ1v) is 7.18. The Bertz CT molecular complexity index is 614. The third kappa shape index (κ3) is 3.99. The van der Waals surface area contributed by atoms with Crippen molar-refractivity contribution in [1.82, 2.24) is 10.3 Å². The van der Waals surface area contributed by atoms with Gasteiger partial charge in [-0.15, -0.1) is 0 Å². The van der Waals surface area contributed by atoms with Crippen LogP contribution in [0.25, 0.3) is 0 Å². The van der Waals surface area contributed by atoms with Crippen molar-refractivity contribution in [3.05, 3.63) is 63.9 Å². The lowest BCUT2D eigenvalue weighted by Gasteiger charge is -2.19. The highest BCUT2D eigenvalue weighted by Crippen LogP contribution is 2.26. The molecule has 0 fully saturated rings. The first-order chi connectivity index (χ1) is 10.0. The van der Waals surface area contributed by atoms with Crippen LogP contribution < -0.4 is 5.32 Å². The highest BCUT2D eigenvalue weighted by atomic mass is 35.5. The molecule has 1 heterocycles. The molecule has 2 rings (SSSR count). The van der Waals surface area contributed by atoms with Crippen LogP contribution in [0.1, 0.15) is 29.8 Å². The molecule has 5 heteroatoms. The summed E-state index contributed by atoms with van der Waals surface area (Å²) < 4.78 is 27.7. The molecule has 2 aromatic rings. The lowest BCUT2D eigenvalue weighted by molar-refractivity contribution is 0.499. The maximum atomic E-state index is 14.1. The van der Waals surface area contributed by atoms with Gasteiger partial charge in [0.25, 0.3) is 0 Å². The number of benzene rings is 1. The number of rotatable bonds is 5. The van der Waals surface area contributed by atoms with Gasteiger partial charge in [0.2, 0.25) is 0 Å². The molecule has 112 valence electrons. The standard InChI is InChI=1S/C16H17ClF2N2/c1-3-20-16(6-11-5-4-10(2)9-21-11)12-7-15(19)13(17)8-14(12)18/h4-5,7-9,16,20H,3,6H2,1-2H3. The van der Waals surface area contributed by atoms with Gasteiger partial charge in [0.1, 0.15) is 11.6 Å². The summed E-state index contributed by atoms with van der Waals surface area (Å²) in [6.45, 7) is 4.51. The first-order valence-electron chi connectivity index (χ1n) is 6.80. The van der Waals surface area contributed by atoms with Crippen LogP contribution in [-0.2, 0) is 6.42 Å². The minimum atomic E-state index is -0.618. The van der Waals surface area contributed by atoms with Gasteiger partial charge < -0.3 is 5.32 Å². The third-order valence-corrected chi connectivity index (χ3v) is 3.54. The van der Waals surface area contributed by atoms with Crippen molar-refractivity contribution in [2.24, 2.45) is 0 Å². The molecule has 21 heavy (non-hydrogen) atoms. The quantitative estimate of drug-likeness (QED) is 0.837. The number of pyridine rings is 1. The van der Waals surface area contributed by atoms with E-state index < -0.39 is 11.6 Å². The van der Waals surface area contributed by atoms with Crippen LogP contribution in [0, 0.1) is 18.6 Å². The monoisotopic (exact) mass is 310 g/mol. The van der Waals surface area contributed by atoms with E-state index in [1.165, 1.54) is 0 Å². The number of hydrogen-bond acceptors (Lipinski definition) is 2. The molecule has 1 unspecified atom stereocenters. The fourth-order valence-corrected chi connectivity index (χ4v) is 2.32. The minimum Gasteiger partial charge on any atom is -0.310 e. The molecule has 1 atom stereocenters. The fraction of sp³-hybridized carbons (Fsp3) is 0.312. The van der Waals surface area contributed by atoms with Crippen LogP contribution in [0.2, 0.25) is 5.02 Å². The Balaban J connectivity index is 2.30. The largest absolute Gasteiger partial charge is 0.310 e. The summed E-state index contributed by atoms with van der Waals surface area (Å²) in [5, 5.41) is 2.95. The van der Waals surface area contributed by atoms with E-state index in [2.05, 4.69) is 10.3 Å². The number of nitrogens with one attached hydrogen (secondary N) is 1. The van der Waals surface area contributed by atoms with E-state index in [4.69, 9.17) is 11.6 Å². The number of nitrogens with zero attached hydrogens (tertiary/aromatic N) is 1. The Morgan fingerprint density at radius 1 is 1.24 bits per heavy atom. The van der Waals surface area contributed by atoms with Gasteiger partial charge in [-0.1, -0.05) is 24.6 Å². The molecule has 0 amide bonds. The van der Waals surface area contributed by atoms with Gasteiger partial charge in [0, 0.05) is 29.9 Å². The lowest BCUT2D eigenvalue weighted by Crippen LogP contribution is -2.24. The summed E-state index contributed by atoms with van der Waals surface area (Å²) >= 11 is 5.60. The molecule has 0 radical (unpaired) electrons. The molecule has 0 spiro atoms. The number of hydrogen-bond donors (Lipinski definition) is 1. The number of aromatic nitrogens is 1. The molecule has 0 aliphatic carbocycles. The summed E-state index contributed by atoms with van der Waals surface area (Å²) in [6, 6.07) is 5.66. The average Bonchev–Trinajstić information content (AvgIpc) is 2.45. The second kappa shape index (κ2) is 6.96. The summed E-state index contributed by atoms with van der Waals surface area (Å²) in [6.07, 6.45) is 2.24. The highest BCUT2D eigenvalue weighted by Gasteiger charge is 2.18. The van der Waals surface area contributed by atoms with Crippen molar-refractivity contribution in [1.29, 1.82) is 0 Å². The van der Waals surface area contributed by atoms with Crippen molar-refractivity contribution < 1.29 is 8.78 Å². The van der Waals surface area contributed by atoms with E-state index in [-0.39, 0.29) is 16.6 Å². The summed E-state index contributed by atoms with van der Waals surface area (Å²) in [4.78, 5) is 4.31. The summed E-state index contributed by atoms with van der Waals surface area (Å²) in [7, 11) is 0. The topological polar surface area (TPSA) is 24.9 Å². The first kappa shape index (κ1) is 15.9. The maximum Gasteiger partial charge on any atom is 0.142 e. The highest BCUT2D eigenvalue weighted by molar-refractivity contribution is 6.30. The van der Waals surface area contributed by atoms with Crippen LogP contribution in [0.3, 0.4) is 0 Å².